The average Bonchev–Trinajstić information content (AvgIpc) is 3.19. The number of aromatic nitrogens is 3. The van der Waals surface area contributed by atoms with Gasteiger partial charge >= 0.3 is 0 Å². The van der Waals surface area contributed by atoms with Crippen LogP contribution in [0.25, 0.3) is 11.4 Å². The Balaban J connectivity index is 1.57. The molecule has 32 heavy (non-hydrogen) atoms. The molecule has 3 rings (SSSR count). The quantitative estimate of drug-likeness (QED) is 0.458. The highest BCUT2D eigenvalue weighted by molar-refractivity contribution is 7.99. The molecule has 0 spiro atoms. The highest BCUT2D eigenvalue weighted by Gasteiger charge is 2.19. The van der Waals surface area contributed by atoms with Crippen LogP contribution in [0, 0.1) is 18.7 Å². The first-order valence-corrected chi connectivity index (χ1v) is 11.3. The van der Waals surface area contributed by atoms with Gasteiger partial charge in [0.25, 0.3) is 0 Å². The fraction of sp³-hybridized carbons (Fsp3) is 0.304. The Hall–Kier alpha value is -3.20. The summed E-state index contributed by atoms with van der Waals surface area (Å²) in [5.74, 6) is -0.790. The van der Waals surface area contributed by atoms with Crippen LogP contribution in [-0.4, -0.2) is 38.9 Å². The predicted molar refractivity (Wildman–Crippen MR) is 122 cm³/mol. The molecular weight excluding hydrogens is 429 g/mol. The highest BCUT2D eigenvalue weighted by atomic mass is 32.2. The Kier molecular flexibility index (Phi) is 7.99. The summed E-state index contributed by atoms with van der Waals surface area (Å²) in [5, 5.41) is 11.9. The summed E-state index contributed by atoms with van der Waals surface area (Å²) in [6, 6.07) is 13.9. The molecule has 3 aromatic rings. The molecule has 0 bridgehead atoms. The molecule has 2 aromatic carbocycles. The van der Waals surface area contributed by atoms with Gasteiger partial charge in [0.15, 0.2) is 11.0 Å². The SMILES string of the molecule is CCn1c(SCC(=O)NCC(Cc2ccc(F)cc2)C(N)=O)nnc1-c1cccc(C)c1. The van der Waals surface area contributed by atoms with Crippen LogP contribution < -0.4 is 11.1 Å². The summed E-state index contributed by atoms with van der Waals surface area (Å²) in [6.07, 6.45) is 0.326. The second-order valence-corrected chi connectivity index (χ2v) is 8.39. The van der Waals surface area contributed by atoms with E-state index in [1.54, 1.807) is 12.1 Å². The van der Waals surface area contributed by atoms with Crippen molar-refractivity contribution in [2.45, 2.75) is 32.0 Å². The molecule has 1 unspecified atom stereocenters. The van der Waals surface area contributed by atoms with Gasteiger partial charge in [-0.2, -0.15) is 0 Å². The number of hydrogen-bond donors (Lipinski definition) is 2. The third-order valence-corrected chi connectivity index (χ3v) is 5.95. The number of nitrogens with one attached hydrogen (secondary N) is 1. The number of hydrogen-bond acceptors (Lipinski definition) is 5. The molecule has 0 fully saturated rings. The van der Waals surface area contributed by atoms with E-state index >= 15 is 0 Å². The number of halogens is 1. The molecule has 1 aromatic heterocycles. The molecular formula is C23H26FN5O2S. The number of rotatable bonds is 10. The monoisotopic (exact) mass is 455 g/mol. The van der Waals surface area contributed by atoms with E-state index in [-0.39, 0.29) is 24.0 Å². The van der Waals surface area contributed by atoms with Crippen molar-refractivity contribution in [3.63, 3.8) is 0 Å². The molecule has 0 aliphatic carbocycles. The molecule has 0 radical (unpaired) electrons. The predicted octanol–water partition coefficient (Wildman–Crippen LogP) is 2.97. The molecule has 168 valence electrons. The van der Waals surface area contributed by atoms with E-state index in [9.17, 15) is 14.0 Å². The van der Waals surface area contributed by atoms with Crippen LogP contribution in [-0.2, 0) is 22.6 Å². The largest absolute Gasteiger partial charge is 0.369 e. The third kappa shape index (κ3) is 6.16. The van der Waals surface area contributed by atoms with E-state index in [2.05, 4.69) is 15.5 Å². The highest BCUT2D eigenvalue weighted by Crippen LogP contribution is 2.24. The zero-order valence-electron chi connectivity index (χ0n) is 18.0. The number of primary amides is 1. The van der Waals surface area contributed by atoms with Crippen LogP contribution in [0.15, 0.2) is 53.7 Å². The van der Waals surface area contributed by atoms with E-state index < -0.39 is 11.8 Å². The van der Waals surface area contributed by atoms with Gasteiger partial charge in [0.1, 0.15) is 5.82 Å². The van der Waals surface area contributed by atoms with Gasteiger partial charge in [-0.05, 0) is 44.0 Å². The number of aryl methyl sites for hydroxylation is 1. The van der Waals surface area contributed by atoms with Gasteiger partial charge < -0.3 is 15.6 Å². The summed E-state index contributed by atoms with van der Waals surface area (Å²) in [7, 11) is 0. The van der Waals surface area contributed by atoms with Crippen molar-refractivity contribution in [3.8, 4) is 11.4 Å². The normalized spacial score (nSPS) is 11.8. The van der Waals surface area contributed by atoms with Crippen molar-refractivity contribution < 1.29 is 14.0 Å². The van der Waals surface area contributed by atoms with Crippen LogP contribution in [0.3, 0.4) is 0 Å². The first-order valence-electron chi connectivity index (χ1n) is 10.3. The maximum atomic E-state index is 13.1. The topological polar surface area (TPSA) is 103 Å². The number of nitrogens with zero attached hydrogens (tertiary/aromatic N) is 3. The van der Waals surface area contributed by atoms with Gasteiger partial charge in [-0.3, -0.25) is 9.59 Å². The first kappa shape index (κ1) is 23.5. The summed E-state index contributed by atoms with van der Waals surface area (Å²) in [5.41, 5.74) is 8.36. The van der Waals surface area contributed by atoms with E-state index in [1.807, 2.05) is 42.7 Å². The van der Waals surface area contributed by atoms with Gasteiger partial charge in [0, 0.05) is 18.7 Å². The van der Waals surface area contributed by atoms with Crippen LogP contribution >= 0.6 is 11.8 Å². The van der Waals surface area contributed by atoms with Crippen molar-refractivity contribution in [2.75, 3.05) is 12.3 Å². The lowest BCUT2D eigenvalue weighted by Gasteiger charge is -2.14. The molecule has 0 aliphatic heterocycles. The van der Waals surface area contributed by atoms with E-state index in [1.165, 1.54) is 23.9 Å². The molecule has 9 heteroatoms. The zero-order chi connectivity index (χ0) is 23.1. The molecule has 0 saturated carbocycles. The van der Waals surface area contributed by atoms with Gasteiger partial charge in [-0.15, -0.1) is 10.2 Å². The molecule has 1 atom stereocenters. The minimum absolute atomic E-state index is 0.112. The number of carbonyl (C=O) groups is 2. The second-order valence-electron chi connectivity index (χ2n) is 7.44. The lowest BCUT2D eigenvalue weighted by Crippen LogP contribution is -2.38. The van der Waals surface area contributed by atoms with Crippen molar-refractivity contribution in [2.24, 2.45) is 11.7 Å². The molecule has 0 saturated heterocycles. The maximum absolute atomic E-state index is 13.1. The van der Waals surface area contributed by atoms with Crippen LogP contribution in [0.5, 0.6) is 0 Å². The number of amides is 2. The van der Waals surface area contributed by atoms with Crippen LogP contribution in [0.4, 0.5) is 4.39 Å². The fourth-order valence-corrected chi connectivity index (χ4v) is 4.11. The van der Waals surface area contributed by atoms with Gasteiger partial charge in [0.2, 0.25) is 11.8 Å². The van der Waals surface area contributed by atoms with Crippen molar-refractivity contribution >= 4 is 23.6 Å². The van der Waals surface area contributed by atoms with E-state index in [0.29, 0.717) is 18.1 Å². The first-order chi connectivity index (χ1) is 15.4. The third-order valence-electron chi connectivity index (χ3n) is 4.99. The average molecular weight is 456 g/mol. The Morgan fingerprint density at radius 3 is 2.59 bits per heavy atom. The molecule has 1 heterocycles. The number of carbonyl (C=O) groups excluding carboxylic acids is 2. The van der Waals surface area contributed by atoms with E-state index in [0.717, 1.165) is 22.5 Å². The van der Waals surface area contributed by atoms with Crippen LogP contribution in [0.2, 0.25) is 0 Å². The Bertz CT molecular complexity index is 1080. The fourth-order valence-electron chi connectivity index (χ4n) is 3.27. The minimum atomic E-state index is -0.582. The summed E-state index contributed by atoms with van der Waals surface area (Å²) < 4.78 is 15.0. The number of benzene rings is 2. The van der Waals surface area contributed by atoms with Crippen molar-refractivity contribution in [1.29, 1.82) is 0 Å². The zero-order valence-corrected chi connectivity index (χ0v) is 18.9. The molecule has 0 aliphatic rings. The number of nitrogens with two attached hydrogens (primary N) is 1. The van der Waals surface area contributed by atoms with Gasteiger partial charge in [-0.1, -0.05) is 47.7 Å². The molecule has 7 nitrogen and oxygen atoms in total. The lowest BCUT2D eigenvalue weighted by molar-refractivity contribution is -0.122. The summed E-state index contributed by atoms with van der Waals surface area (Å²) in [6.45, 7) is 4.80. The lowest BCUT2D eigenvalue weighted by atomic mass is 9.98. The van der Waals surface area contributed by atoms with Crippen molar-refractivity contribution in [1.82, 2.24) is 20.1 Å². The minimum Gasteiger partial charge on any atom is -0.369 e. The van der Waals surface area contributed by atoms with Crippen molar-refractivity contribution in [3.05, 3.63) is 65.5 Å². The van der Waals surface area contributed by atoms with Gasteiger partial charge in [0.05, 0.1) is 11.7 Å². The molecule has 3 N–H and O–H groups in total. The summed E-state index contributed by atoms with van der Waals surface area (Å²) in [4.78, 5) is 24.1. The smallest absolute Gasteiger partial charge is 0.230 e. The molecule has 2 amide bonds. The standard InChI is InChI=1S/C23H26FN5O2S/c1-3-29-22(17-6-4-5-15(2)11-17)27-28-23(29)32-14-20(30)26-13-18(21(25)31)12-16-7-9-19(24)10-8-16/h4-11,18H,3,12-14H2,1-2H3,(H2,25,31)(H,26,30). The Labute approximate surface area is 190 Å². The number of thioether (sulfide) groups is 1. The Morgan fingerprint density at radius 1 is 1.19 bits per heavy atom. The van der Waals surface area contributed by atoms with Crippen LogP contribution in [0.1, 0.15) is 18.1 Å². The van der Waals surface area contributed by atoms with Gasteiger partial charge in [-0.25, -0.2) is 4.39 Å². The summed E-state index contributed by atoms with van der Waals surface area (Å²) >= 11 is 1.28. The Morgan fingerprint density at radius 2 is 1.94 bits per heavy atom. The second kappa shape index (κ2) is 10.9. The van der Waals surface area contributed by atoms with E-state index in [4.69, 9.17) is 5.73 Å². The maximum Gasteiger partial charge on any atom is 0.230 e.